The minimum atomic E-state index is -0.959. The molecule has 2 rings (SSSR count). The summed E-state index contributed by atoms with van der Waals surface area (Å²) in [6.45, 7) is 7.58. The Morgan fingerprint density at radius 3 is 2.52 bits per heavy atom. The molecule has 4 nitrogen and oxygen atoms in total. The predicted molar refractivity (Wildman–Crippen MR) is 83.5 cm³/mol. The van der Waals surface area contributed by atoms with Gasteiger partial charge in [0.05, 0.1) is 12.7 Å². The van der Waals surface area contributed by atoms with Crippen molar-refractivity contribution in [2.24, 2.45) is 0 Å². The van der Waals surface area contributed by atoms with Crippen LogP contribution in [0, 0.1) is 6.92 Å². The van der Waals surface area contributed by atoms with Gasteiger partial charge in [0.15, 0.2) is 5.78 Å². The number of benzene rings is 1. The van der Waals surface area contributed by atoms with Crippen molar-refractivity contribution in [3.63, 3.8) is 0 Å². The van der Waals surface area contributed by atoms with Gasteiger partial charge in [0, 0.05) is 15.6 Å². The molecule has 1 N–H and O–H groups in total. The third-order valence-corrected chi connectivity index (χ3v) is 4.62. The molecular weight excluding hydrogens is 288 g/mol. The van der Waals surface area contributed by atoms with Gasteiger partial charge in [0.2, 0.25) is 0 Å². The first-order valence-corrected chi connectivity index (χ1v) is 7.55. The molecule has 0 bridgehead atoms. The number of carboxylic acids is 1. The molecule has 21 heavy (non-hydrogen) atoms. The van der Waals surface area contributed by atoms with E-state index in [1.807, 2.05) is 19.9 Å². The maximum absolute atomic E-state index is 11.8. The lowest BCUT2D eigenvalue weighted by Crippen LogP contribution is -2.03. The van der Waals surface area contributed by atoms with Crippen molar-refractivity contribution in [3.05, 3.63) is 33.7 Å². The second-order valence-electron chi connectivity index (χ2n) is 5.25. The largest absolute Gasteiger partial charge is 0.477 e. The van der Waals surface area contributed by atoms with Crippen molar-refractivity contribution in [1.29, 1.82) is 0 Å². The van der Waals surface area contributed by atoms with Gasteiger partial charge in [-0.15, -0.1) is 11.3 Å². The predicted octanol–water partition coefficient (Wildman–Crippen LogP) is 4.04. The molecule has 0 aliphatic heterocycles. The van der Waals surface area contributed by atoms with Crippen LogP contribution in [0.2, 0.25) is 0 Å². The summed E-state index contributed by atoms with van der Waals surface area (Å²) in [6.07, 6.45) is 0.0884. The Hall–Kier alpha value is -1.72. The normalized spacial score (nSPS) is 11.3. The van der Waals surface area contributed by atoms with Crippen LogP contribution in [0.1, 0.15) is 51.9 Å². The van der Waals surface area contributed by atoms with Crippen LogP contribution in [0.15, 0.2) is 12.1 Å². The van der Waals surface area contributed by atoms with Crippen molar-refractivity contribution in [1.82, 2.24) is 0 Å². The molecular formula is C16H18O4S. The Kier molecular flexibility index (Phi) is 4.44. The summed E-state index contributed by atoms with van der Waals surface area (Å²) in [5.41, 5.74) is 2.19. The second kappa shape index (κ2) is 5.95. The Labute approximate surface area is 127 Å². The van der Waals surface area contributed by atoms with E-state index in [-0.39, 0.29) is 16.8 Å². The van der Waals surface area contributed by atoms with Crippen LogP contribution >= 0.6 is 11.3 Å². The standard InChI is InChI=1S/C16H18O4S/c1-8(2)20-7-11-5-6-12(10(4)17)15-13(11)9(3)14(21-15)16(18)19/h5-6,8H,7H2,1-4H3,(H,18,19). The zero-order chi connectivity index (χ0) is 15.7. The van der Waals surface area contributed by atoms with Crippen LogP contribution in [0.5, 0.6) is 0 Å². The van der Waals surface area contributed by atoms with Gasteiger partial charge in [-0.3, -0.25) is 4.79 Å². The van der Waals surface area contributed by atoms with Crippen LogP contribution in [-0.4, -0.2) is 23.0 Å². The molecule has 1 aromatic carbocycles. The number of hydrogen-bond donors (Lipinski definition) is 1. The lowest BCUT2D eigenvalue weighted by atomic mass is 10.0. The number of carbonyl (C=O) groups excluding carboxylic acids is 1. The summed E-state index contributed by atoms with van der Waals surface area (Å²) < 4.78 is 6.37. The van der Waals surface area contributed by atoms with E-state index in [1.165, 1.54) is 6.92 Å². The molecule has 2 aromatic rings. The first kappa shape index (κ1) is 15.7. The first-order chi connectivity index (χ1) is 9.82. The van der Waals surface area contributed by atoms with Crippen molar-refractivity contribution in [2.75, 3.05) is 0 Å². The fraction of sp³-hybridized carbons (Fsp3) is 0.375. The number of carboxylic acid groups (broad SMARTS) is 1. The number of aryl methyl sites for hydroxylation is 1. The number of carbonyl (C=O) groups is 2. The molecule has 0 saturated heterocycles. The van der Waals surface area contributed by atoms with Crippen molar-refractivity contribution in [2.45, 2.75) is 40.4 Å². The Morgan fingerprint density at radius 1 is 1.33 bits per heavy atom. The molecule has 0 aliphatic carbocycles. The molecule has 0 radical (unpaired) electrons. The first-order valence-electron chi connectivity index (χ1n) is 6.73. The Balaban J connectivity index is 2.69. The Bertz CT molecular complexity index is 713. The van der Waals surface area contributed by atoms with E-state index < -0.39 is 5.97 Å². The quantitative estimate of drug-likeness (QED) is 0.847. The molecule has 1 aromatic heterocycles. The summed E-state index contributed by atoms with van der Waals surface area (Å²) in [6, 6.07) is 3.61. The highest BCUT2D eigenvalue weighted by atomic mass is 32.1. The van der Waals surface area contributed by atoms with Crippen molar-refractivity contribution in [3.8, 4) is 0 Å². The lowest BCUT2D eigenvalue weighted by Gasteiger charge is -2.10. The van der Waals surface area contributed by atoms with E-state index in [2.05, 4.69) is 0 Å². The smallest absolute Gasteiger partial charge is 0.346 e. The van der Waals surface area contributed by atoms with Gasteiger partial charge < -0.3 is 9.84 Å². The number of aromatic carboxylic acids is 1. The van der Waals surface area contributed by atoms with Gasteiger partial charge in [0.1, 0.15) is 4.88 Å². The molecule has 0 fully saturated rings. The number of fused-ring (bicyclic) bond motifs is 1. The Morgan fingerprint density at radius 2 is 2.00 bits per heavy atom. The highest BCUT2D eigenvalue weighted by Crippen LogP contribution is 2.36. The fourth-order valence-corrected chi connectivity index (χ4v) is 3.55. The van der Waals surface area contributed by atoms with Crippen LogP contribution < -0.4 is 0 Å². The SMILES string of the molecule is CC(=O)c1ccc(COC(C)C)c2c(C)c(C(=O)O)sc12. The van der Waals surface area contributed by atoms with Crippen LogP contribution in [0.4, 0.5) is 0 Å². The summed E-state index contributed by atoms with van der Waals surface area (Å²) in [7, 11) is 0. The molecule has 0 aliphatic rings. The number of hydrogen-bond acceptors (Lipinski definition) is 4. The third kappa shape index (κ3) is 2.99. The molecule has 1 heterocycles. The zero-order valence-electron chi connectivity index (χ0n) is 12.5. The van der Waals surface area contributed by atoms with Gasteiger partial charge >= 0.3 is 5.97 Å². The fourth-order valence-electron chi connectivity index (χ4n) is 2.29. The molecule has 0 saturated carbocycles. The number of ketones is 1. The minimum Gasteiger partial charge on any atom is -0.477 e. The molecule has 0 atom stereocenters. The van der Waals surface area contributed by atoms with Gasteiger partial charge in [-0.25, -0.2) is 4.79 Å². The maximum Gasteiger partial charge on any atom is 0.346 e. The highest BCUT2D eigenvalue weighted by Gasteiger charge is 2.20. The average Bonchev–Trinajstić information content (AvgIpc) is 2.74. The topological polar surface area (TPSA) is 63.6 Å². The number of rotatable bonds is 5. The van der Waals surface area contributed by atoms with Crippen molar-refractivity contribution < 1.29 is 19.4 Å². The second-order valence-corrected chi connectivity index (χ2v) is 6.27. The number of thiophene rings is 1. The van der Waals surface area contributed by atoms with E-state index in [9.17, 15) is 14.7 Å². The van der Waals surface area contributed by atoms with Crippen molar-refractivity contribution >= 4 is 33.2 Å². The van der Waals surface area contributed by atoms with E-state index >= 15 is 0 Å². The average molecular weight is 306 g/mol. The maximum atomic E-state index is 11.8. The molecule has 0 spiro atoms. The summed E-state index contributed by atoms with van der Waals surface area (Å²) in [5.74, 6) is -1.02. The van der Waals surface area contributed by atoms with Gasteiger partial charge in [-0.1, -0.05) is 6.07 Å². The van der Waals surface area contributed by atoms with Crippen LogP contribution in [0.25, 0.3) is 10.1 Å². The van der Waals surface area contributed by atoms with E-state index in [4.69, 9.17) is 4.74 Å². The molecule has 5 heteroatoms. The molecule has 0 amide bonds. The summed E-state index contributed by atoms with van der Waals surface area (Å²) in [4.78, 5) is 23.4. The number of Topliss-reactive ketones (excluding diaryl/α,β-unsaturated/α-hetero) is 1. The monoisotopic (exact) mass is 306 g/mol. The van der Waals surface area contributed by atoms with Crippen LogP contribution in [0.3, 0.4) is 0 Å². The molecule has 112 valence electrons. The van der Waals surface area contributed by atoms with E-state index in [1.54, 1.807) is 13.0 Å². The number of ether oxygens (including phenoxy) is 1. The van der Waals surface area contributed by atoms with E-state index in [0.29, 0.717) is 17.7 Å². The zero-order valence-corrected chi connectivity index (χ0v) is 13.3. The summed E-state index contributed by atoms with van der Waals surface area (Å²) in [5, 5.41) is 10.1. The van der Waals surface area contributed by atoms with Crippen LogP contribution in [-0.2, 0) is 11.3 Å². The van der Waals surface area contributed by atoms with Gasteiger partial charge in [-0.2, -0.15) is 0 Å². The third-order valence-electron chi connectivity index (χ3n) is 3.31. The highest BCUT2D eigenvalue weighted by molar-refractivity contribution is 7.21. The van der Waals surface area contributed by atoms with E-state index in [0.717, 1.165) is 27.0 Å². The minimum absolute atomic E-state index is 0.0606. The van der Waals surface area contributed by atoms with Gasteiger partial charge in [0.25, 0.3) is 0 Å². The molecule has 0 unspecified atom stereocenters. The van der Waals surface area contributed by atoms with Gasteiger partial charge in [-0.05, 0) is 44.9 Å². The lowest BCUT2D eigenvalue weighted by molar-refractivity contribution is 0.0662. The summed E-state index contributed by atoms with van der Waals surface area (Å²) >= 11 is 1.16.